The molecule has 3 rings (SSSR count). The number of anilines is 1. The molecule has 3 aromatic carbocycles. The monoisotopic (exact) mass is 347 g/mol. The largest absolute Gasteiger partial charge is 0.348 e. The zero-order valence-electron chi connectivity index (χ0n) is 14.3. The first-order valence-corrected chi connectivity index (χ1v) is 8.41. The minimum absolute atomic E-state index is 0.245. The van der Waals surface area contributed by atoms with Crippen LogP contribution in [0.1, 0.15) is 21.5 Å². The lowest BCUT2D eigenvalue weighted by Gasteiger charge is -2.20. The van der Waals surface area contributed by atoms with E-state index in [-0.39, 0.29) is 5.91 Å². The fraction of sp³-hybridized carbons (Fsp3) is 0.0952. The third-order valence-corrected chi connectivity index (χ3v) is 3.95. The highest BCUT2D eigenvalue weighted by Crippen LogP contribution is 2.18. The first-order valence-electron chi connectivity index (χ1n) is 8.41. The molecule has 5 nitrogen and oxygen atoms in total. The molecule has 0 fully saturated rings. The molecule has 0 saturated heterocycles. The molecule has 3 aromatic rings. The fourth-order valence-electron chi connectivity index (χ4n) is 2.57. The van der Waals surface area contributed by atoms with Crippen LogP contribution in [0.15, 0.2) is 84.9 Å². The van der Waals surface area contributed by atoms with Gasteiger partial charge in [-0.25, -0.2) is 5.43 Å². The van der Waals surface area contributed by atoms with Gasteiger partial charge >= 0.3 is 0 Å². The van der Waals surface area contributed by atoms with E-state index in [1.54, 1.807) is 24.3 Å². The van der Waals surface area contributed by atoms with Gasteiger partial charge in [-0.2, -0.15) is 5.17 Å². The van der Waals surface area contributed by atoms with Gasteiger partial charge in [-0.15, -0.1) is 0 Å². The molecule has 0 saturated carbocycles. The molecule has 0 spiro atoms. The van der Waals surface area contributed by atoms with E-state index >= 15 is 0 Å². The summed E-state index contributed by atoms with van der Waals surface area (Å²) in [6.45, 7) is 0.869. The van der Waals surface area contributed by atoms with Gasteiger partial charge in [0.1, 0.15) is 0 Å². The molecule has 0 radical (unpaired) electrons. The summed E-state index contributed by atoms with van der Waals surface area (Å²) in [4.78, 5) is 12.5. The van der Waals surface area contributed by atoms with Crippen molar-refractivity contribution in [3.63, 3.8) is 0 Å². The number of nitrogens with one attached hydrogen (secondary N) is 2. The van der Waals surface area contributed by atoms with Gasteiger partial charge in [-0.3, -0.25) is 10.0 Å². The Kier molecular flexibility index (Phi) is 5.98. The maximum atomic E-state index is 12.5. The minimum Gasteiger partial charge on any atom is -0.348 e. The standard InChI is InChI=1S/C21H21N3O2/c25-21(22-15-17-9-3-1-4-10-17)19-13-7-8-14-20(19)24(26)23-16-18-11-5-2-6-12-18/h1-14,23,26H,15-16H2,(H,22,25). The van der Waals surface area contributed by atoms with E-state index in [0.717, 1.165) is 16.3 Å². The molecule has 0 aromatic heterocycles. The number of para-hydroxylation sites is 1. The summed E-state index contributed by atoms with van der Waals surface area (Å²) in [6, 6.07) is 26.3. The second-order valence-corrected chi connectivity index (χ2v) is 5.82. The van der Waals surface area contributed by atoms with Gasteiger partial charge in [-0.1, -0.05) is 72.8 Å². The van der Waals surface area contributed by atoms with E-state index in [2.05, 4.69) is 10.7 Å². The number of hydrazine groups is 1. The summed E-state index contributed by atoms with van der Waals surface area (Å²) < 4.78 is 0. The molecular formula is C21H21N3O2. The van der Waals surface area contributed by atoms with E-state index in [4.69, 9.17) is 0 Å². The van der Waals surface area contributed by atoms with Gasteiger partial charge in [0, 0.05) is 13.1 Å². The van der Waals surface area contributed by atoms with Gasteiger partial charge in [-0.05, 0) is 23.3 Å². The molecule has 0 unspecified atom stereocenters. The van der Waals surface area contributed by atoms with Crippen LogP contribution in [0.3, 0.4) is 0 Å². The van der Waals surface area contributed by atoms with Crippen LogP contribution in [0.5, 0.6) is 0 Å². The Morgan fingerprint density at radius 2 is 1.31 bits per heavy atom. The predicted octanol–water partition coefficient (Wildman–Crippen LogP) is 3.52. The zero-order valence-corrected chi connectivity index (χ0v) is 14.3. The number of rotatable bonds is 7. The van der Waals surface area contributed by atoms with E-state index < -0.39 is 0 Å². The highest BCUT2D eigenvalue weighted by molar-refractivity contribution is 5.99. The topological polar surface area (TPSA) is 64.6 Å². The van der Waals surface area contributed by atoms with E-state index in [0.29, 0.717) is 24.3 Å². The summed E-state index contributed by atoms with van der Waals surface area (Å²) in [5, 5.41) is 14.1. The van der Waals surface area contributed by atoms with E-state index in [1.807, 2.05) is 60.7 Å². The van der Waals surface area contributed by atoms with Gasteiger partial charge in [0.2, 0.25) is 0 Å². The Morgan fingerprint density at radius 3 is 1.96 bits per heavy atom. The van der Waals surface area contributed by atoms with Crippen LogP contribution in [0, 0.1) is 0 Å². The summed E-state index contributed by atoms with van der Waals surface area (Å²) in [6.07, 6.45) is 0. The van der Waals surface area contributed by atoms with Crippen molar-refractivity contribution in [2.75, 3.05) is 5.17 Å². The van der Waals surface area contributed by atoms with Crippen LogP contribution in [0.4, 0.5) is 5.69 Å². The third-order valence-electron chi connectivity index (χ3n) is 3.95. The first kappa shape index (κ1) is 17.7. The lowest BCUT2D eigenvalue weighted by Crippen LogP contribution is -2.36. The number of carbonyl (C=O) groups excluding carboxylic acids is 1. The van der Waals surface area contributed by atoms with Crippen molar-refractivity contribution in [2.24, 2.45) is 0 Å². The van der Waals surface area contributed by atoms with Crippen molar-refractivity contribution in [1.82, 2.24) is 10.7 Å². The second kappa shape index (κ2) is 8.80. The molecule has 0 bridgehead atoms. The van der Waals surface area contributed by atoms with Crippen LogP contribution >= 0.6 is 0 Å². The number of carbonyl (C=O) groups is 1. The molecule has 5 heteroatoms. The summed E-state index contributed by atoms with van der Waals surface area (Å²) in [5.41, 5.74) is 5.73. The van der Waals surface area contributed by atoms with E-state index in [1.165, 1.54) is 0 Å². The number of benzene rings is 3. The fourth-order valence-corrected chi connectivity index (χ4v) is 2.57. The summed E-state index contributed by atoms with van der Waals surface area (Å²) in [5.74, 6) is -0.245. The molecule has 0 aliphatic rings. The molecular weight excluding hydrogens is 326 g/mol. The molecule has 3 N–H and O–H groups in total. The SMILES string of the molecule is O=C(NCc1ccccc1)c1ccccc1N(O)NCc1ccccc1. The van der Waals surface area contributed by atoms with Crippen molar-refractivity contribution in [1.29, 1.82) is 0 Å². The Labute approximate surface area is 152 Å². The number of hydrogen-bond donors (Lipinski definition) is 3. The zero-order chi connectivity index (χ0) is 18.2. The average molecular weight is 347 g/mol. The van der Waals surface area contributed by atoms with Crippen molar-refractivity contribution in [3.8, 4) is 0 Å². The van der Waals surface area contributed by atoms with Crippen LogP contribution in [-0.4, -0.2) is 11.1 Å². The number of hydrogen-bond acceptors (Lipinski definition) is 4. The Morgan fingerprint density at radius 1 is 0.769 bits per heavy atom. The normalized spacial score (nSPS) is 10.3. The second-order valence-electron chi connectivity index (χ2n) is 5.82. The summed E-state index contributed by atoms with van der Waals surface area (Å²) in [7, 11) is 0. The number of amides is 1. The molecule has 0 aliphatic heterocycles. The Balaban J connectivity index is 1.65. The first-order chi connectivity index (χ1) is 12.7. The van der Waals surface area contributed by atoms with Gasteiger partial charge in [0.25, 0.3) is 5.91 Å². The van der Waals surface area contributed by atoms with Crippen molar-refractivity contribution in [3.05, 3.63) is 102 Å². The summed E-state index contributed by atoms with van der Waals surface area (Å²) >= 11 is 0. The van der Waals surface area contributed by atoms with Crippen molar-refractivity contribution >= 4 is 11.6 Å². The molecule has 132 valence electrons. The lowest BCUT2D eigenvalue weighted by molar-refractivity contribution is 0.0948. The highest BCUT2D eigenvalue weighted by Gasteiger charge is 2.15. The van der Waals surface area contributed by atoms with Crippen LogP contribution in [0.2, 0.25) is 0 Å². The Hall–Kier alpha value is -3.15. The average Bonchev–Trinajstić information content (AvgIpc) is 2.72. The van der Waals surface area contributed by atoms with Crippen LogP contribution < -0.4 is 15.9 Å². The van der Waals surface area contributed by atoms with Crippen molar-refractivity contribution in [2.45, 2.75) is 13.1 Å². The highest BCUT2D eigenvalue weighted by atomic mass is 16.5. The quantitative estimate of drug-likeness (QED) is 0.572. The van der Waals surface area contributed by atoms with Gasteiger partial charge in [0.15, 0.2) is 0 Å². The van der Waals surface area contributed by atoms with Crippen LogP contribution in [-0.2, 0) is 13.1 Å². The van der Waals surface area contributed by atoms with E-state index in [9.17, 15) is 10.0 Å². The number of nitrogens with zero attached hydrogens (tertiary/aromatic N) is 1. The minimum atomic E-state index is -0.245. The molecule has 0 atom stereocenters. The Bertz CT molecular complexity index is 838. The predicted molar refractivity (Wildman–Crippen MR) is 102 cm³/mol. The third kappa shape index (κ3) is 4.69. The lowest BCUT2D eigenvalue weighted by atomic mass is 10.1. The van der Waals surface area contributed by atoms with Gasteiger partial charge in [0.05, 0.1) is 11.3 Å². The smallest absolute Gasteiger partial charge is 0.253 e. The van der Waals surface area contributed by atoms with Gasteiger partial charge < -0.3 is 5.32 Å². The maximum Gasteiger partial charge on any atom is 0.253 e. The molecule has 0 aliphatic carbocycles. The van der Waals surface area contributed by atoms with Crippen molar-refractivity contribution < 1.29 is 10.0 Å². The molecule has 0 heterocycles. The maximum absolute atomic E-state index is 12.5. The van der Waals surface area contributed by atoms with Crippen LogP contribution in [0.25, 0.3) is 0 Å². The molecule has 1 amide bonds. The molecule has 26 heavy (non-hydrogen) atoms.